The van der Waals surface area contributed by atoms with Gasteiger partial charge in [0.1, 0.15) is 11.5 Å². The second-order valence-electron chi connectivity index (χ2n) is 5.80. The molecule has 1 unspecified atom stereocenters. The van der Waals surface area contributed by atoms with Gasteiger partial charge in [0.25, 0.3) is 5.91 Å². The first-order chi connectivity index (χ1) is 10.6. The highest BCUT2D eigenvalue weighted by Gasteiger charge is 2.33. The van der Waals surface area contributed by atoms with Crippen molar-refractivity contribution in [1.82, 2.24) is 9.88 Å². The van der Waals surface area contributed by atoms with E-state index in [0.29, 0.717) is 25.6 Å². The molecule has 3 amide bonds. The Morgan fingerprint density at radius 1 is 1.41 bits per heavy atom. The Morgan fingerprint density at radius 3 is 2.95 bits per heavy atom. The van der Waals surface area contributed by atoms with Crippen molar-refractivity contribution in [2.45, 2.75) is 25.3 Å². The molecule has 1 aliphatic carbocycles. The zero-order valence-electron chi connectivity index (χ0n) is 12.3. The lowest BCUT2D eigenvalue weighted by Crippen LogP contribution is -2.50. The predicted octanol–water partition coefficient (Wildman–Crippen LogP) is 1.21. The highest BCUT2D eigenvalue weighted by atomic mass is 16.5. The van der Waals surface area contributed by atoms with E-state index >= 15 is 0 Å². The number of carbonyl (C=O) groups excluding carboxylic acids is 2. The second kappa shape index (κ2) is 6.31. The number of hydrogen-bond acceptors (Lipinski definition) is 4. The maximum Gasteiger partial charge on any atom is 0.323 e. The molecular formula is C15H20N4O3. The van der Waals surface area contributed by atoms with E-state index in [1.165, 1.54) is 18.9 Å². The number of hydrogen-bond donors (Lipinski definition) is 2. The van der Waals surface area contributed by atoms with Gasteiger partial charge in [0.05, 0.1) is 19.3 Å². The summed E-state index contributed by atoms with van der Waals surface area (Å²) in [6.07, 6.45) is 3.48. The zero-order chi connectivity index (χ0) is 15.5. The van der Waals surface area contributed by atoms with Gasteiger partial charge in [-0.1, -0.05) is 18.9 Å². The maximum absolute atomic E-state index is 12.5. The summed E-state index contributed by atoms with van der Waals surface area (Å²) in [5.74, 6) is 0.436. The molecule has 0 aromatic carbocycles. The van der Waals surface area contributed by atoms with Crippen molar-refractivity contribution < 1.29 is 14.3 Å². The standard InChI is InChI=1S/C15H20N4O3/c16-14(20)12-2-1-3-13(17-12)18-15(21)19-6-7-22-9-11(19)8-10-4-5-10/h1-3,10-11H,4-9H2,(H2,16,20)(H,17,18,21). The van der Waals surface area contributed by atoms with Crippen molar-refractivity contribution in [2.24, 2.45) is 11.7 Å². The van der Waals surface area contributed by atoms with Gasteiger partial charge in [-0.25, -0.2) is 9.78 Å². The number of carbonyl (C=O) groups is 2. The fourth-order valence-corrected chi connectivity index (χ4v) is 2.68. The number of nitrogens with zero attached hydrogens (tertiary/aromatic N) is 2. The second-order valence-corrected chi connectivity index (χ2v) is 5.80. The largest absolute Gasteiger partial charge is 0.377 e. The first-order valence-electron chi connectivity index (χ1n) is 7.55. The van der Waals surface area contributed by atoms with E-state index in [-0.39, 0.29) is 17.8 Å². The average Bonchev–Trinajstić information content (AvgIpc) is 3.32. The minimum Gasteiger partial charge on any atom is -0.377 e. The maximum atomic E-state index is 12.5. The van der Waals surface area contributed by atoms with Gasteiger partial charge in [0.2, 0.25) is 0 Å². The third kappa shape index (κ3) is 3.54. The van der Waals surface area contributed by atoms with Gasteiger partial charge < -0.3 is 15.4 Å². The van der Waals surface area contributed by atoms with E-state index in [1.807, 2.05) is 0 Å². The Kier molecular flexibility index (Phi) is 4.24. The van der Waals surface area contributed by atoms with Crippen LogP contribution in [0.2, 0.25) is 0 Å². The van der Waals surface area contributed by atoms with Crippen molar-refractivity contribution in [2.75, 3.05) is 25.1 Å². The quantitative estimate of drug-likeness (QED) is 0.873. The van der Waals surface area contributed by atoms with E-state index in [2.05, 4.69) is 10.3 Å². The number of amides is 3. The summed E-state index contributed by atoms with van der Waals surface area (Å²) in [6.45, 7) is 1.70. The monoisotopic (exact) mass is 304 g/mol. The number of primary amides is 1. The molecule has 118 valence electrons. The summed E-state index contributed by atoms with van der Waals surface area (Å²) < 4.78 is 5.49. The molecule has 1 saturated carbocycles. The highest BCUT2D eigenvalue weighted by molar-refractivity contribution is 5.92. The fraction of sp³-hybridized carbons (Fsp3) is 0.533. The summed E-state index contributed by atoms with van der Waals surface area (Å²) in [5, 5.41) is 2.74. The topological polar surface area (TPSA) is 97.5 Å². The molecule has 0 bridgehead atoms. The molecule has 0 radical (unpaired) electrons. The predicted molar refractivity (Wildman–Crippen MR) is 80.4 cm³/mol. The lowest BCUT2D eigenvalue weighted by Gasteiger charge is -2.35. The van der Waals surface area contributed by atoms with Crippen LogP contribution >= 0.6 is 0 Å². The van der Waals surface area contributed by atoms with Crippen LogP contribution in [0.15, 0.2) is 18.2 Å². The molecule has 1 atom stereocenters. The van der Waals surface area contributed by atoms with Gasteiger partial charge in [0.15, 0.2) is 0 Å². The van der Waals surface area contributed by atoms with Crippen LogP contribution in [0.4, 0.5) is 10.6 Å². The van der Waals surface area contributed by atoms with Gasteiger partial charge in [0, 0.05) is 6.54 Å². The number of nitrogens with one attached hydrogen (secondary N) is 1. The van der Waals surface area contributed by atoms with Gasteiger partial charge in [-0.2, -0.15) is 0 Å². The number of ether oxygens (including phenoxy) is 1. The summed E-state index contributed by atoms with van der Waals surface area (Å²) in [4.78, 5) is 29.5. The Morgan fingerprint density at radius 2 is 2.23 bits per heavy atom. The first-order valence-corrected chi connectivity index (χ1v) is 7.55. The lowest BCUT2D eigenvalue weighted by atomic mass is 10.1. The Bertz CT molecular complexity index is 574. The molecule has 3 N–H and O–H groups in total. The fourth-order valence-electron chi connectivity index (χ4n) is 2.68. The molecule has 1 aromatic rings. The molecule has 1 saturated heterocycles. The van der Waals surface area contributed by atoms with Crippen LogP contribution in [-0.2, 0) is 4.74 Å². The molecular weight excluding hydrogens is 284 g/mol. The number of aromatic nitrogens is 1. The average molecular weight is 304 g/mol. The third-order valence-electron chi connectivity index (χ3n) is 4.03. The molecule has 1 aromatic heterocycles. The molecule has 2 fully saturated rings. The van der Waals surface area contributed by atoms with Gasteiger partial charge >= 0.3 is 6.03 Å². The molecule has 3 rings (SSSR count). The Hall–Kier alpha value is -2.15. The summed E-state index contributed by atoms with van der Waals surface area (Å²) >= 11 is 0. The highest BCUT2D eigenvalue weighted by Crippen LogP contribution is 2.35. The van der Waals surface area contributed by atoms with Crippen molar-refractivity contribution in [1.29, 1.82) is 0 Å². The molecule has 2 aliphatic rings. The number of anilines is 1. The van der Waals surface area contributed by atoms with Gasteiger partial charge in [-0.05, 0) is 24.5 Å². The summed E-state index contributed by atoms with van der Waals surface area (Å²) in [5.41, 5.74) is 5.33. The lowest BCUT2D eigenvalue weighted by molar-refractivity contribution is 0.0108. The zero-order valence-corrected chi connectivity index (χ0v) is 12.3. The minimum absolute atomic E-state index is 0.112. The SMILES string of the molecule is NC(=O)c1cccc(NC(=O)N2CCOCC2CC2CC2)n1. The van der Waals surface area contributed by atoms with Gasteiger partial charge in [-0.15, -0.1) is 0 Å². The summed E-state index contributed by atoms with van der Waals surface area (Å²) in [7, 11) is 0. The normalized spacial score (nSPS) is 21.5. The van der Waals surface area contributed by atoms with Crippen molar-refractivity contribution >= 4 is 17.8 Å². The van der Waals surface area contributed by atoms with Crippen molar-refractivity contribution in [3.8, 4) is 0 Å². The van der Waals surface area contributed by atoms with Crippen LogP contribution in [0.5, 0.6) is 0 Å². The Labute approximate surface area is 128 Å². The minimum atomic E-state index is -0.617. The number of nitrogens with two attached hydrogens (primary N) is 1. The first kappa shape index (κ1) is 14.8. The van der Waals surface area contributed by atoms with Crippen molar-refractivity contribution in [3.63, 3.8) is 0 Å². The van der Waals surface area contributed by atoms with E-state index in [1.54, 1.807) is 17.0 Å². The van der Waals surface area contributed by atoms with Crippen LogP contribution in [0, 0.1) is 5.92 Å². The van der Waals surface area contributed by atoms with Crippen LogP contribution in [-0.4, -0.2) is 47.6 Å². The van der Waals surface area contributed by atoms with Crippen molar-refractivity contribution in [3.05, 3.63) is 23.9 Å². The Balaban J connectivity index is 1.66. The molecule has 1 aliphatic heterocycles. The number of urea groups is 1. The van der Waals surface area contributed by atoms with Crippen LogP contribution in [0.1, 0.15) is 29.8 Å². The smallest absolute Gasteiger partial charge is 0.323 e. The number of pyridine rings is 1. The summed E-state index contributed by atoms with van der Waals surface area (Å²) in [6, 6.07) is 4.70. The molecule has 7 heteroatoms. The van der Waals surface area contributed by atoms with E-state index < -0.39 is 5.91 Å². The molecule has 0 spiro atoms. The van der Waals surface area contributed by atoms with E-state index in [9.17, 15) is 9.59 Å². The molecule has 22 heavy (non-hydrogen) atoms. The van der Waals surface area contributed by atoms with E-state index in [4.69, 9.17) is 10.5 Å². The molecule has 7 nitrogen and oxygen atoms in total. The van der Waals surface area contributed by atoms with Crippen LogP contribution in [0.3, 0.4) is 0 Å². The van der Waals surface area contributed by atoms with Gasteiger partial charge in [-0.3, -0.25) is 10.1 Å². The molecule has 2 heterocycles. The van der Waals surface area contributed by atoms with E-state index in [0.717, 1.165) is 12.3 Å². The van der Waals surface area contributed by atoms with Crippen LogP contribution < -0.4 is 11.1 Å². The third-order valence-corrected chi connectivity index (χ3v) is 4.03. The van der Waals surface area contributed by atoms with Crippen LogP contribution in [0.25, 0.3) is 0 Å². The number of morpholine rings is 1. The number of rotatable bonds is 4.